The van der Waals surface area contributed by atoms with Crippen LogP contribution in [0.5, 0.6) is 0 Å². The molecule has 0 fully saturated rings. The lowest BCUT2D eigenvalue weighted by molar-refractivity contribution is 0.855. The fourth-order valence-electron chi connectivity index (χ4n) is 12.9. The SMILES string of the molecule is Clc1cccc(Cl)c1/C1=C2\C=CC(=N2)/C(c2c(Cl)cccc2Cl)=c2/cc/c([nH]2)=C(\c2c(Cl)cccc2Cl)c2ccc([nH]2)/C(c2c(Cl)cccc2Cl)=C2/C=CC(=N2)/C(c2c(Cl)cccc2Cl)=c2\cc/c([nH]2)=C(/c2c(Cl)cccc2Cl)C2C=C/C(=C(\c3c(Cl)cccc3Cl)c3ccc1[nH]3)N2. The molecule has 482 valence electrons. The third-order valence-corrected chi connectivity index (χ3v) is 21.5. The Morgan fingerprint density at radius 1 is 0.245 bits per heavy atom. The van der Waals surface area contributed by atoms with Crippen LogP contribution in [-0.2, 0) is 0 Å². The largest absolute Gasteiger partial charge is 0.374 e. The van der Waals surface area contributed by atoms with Crippen molar-refractivity contribution in [3.63, 3.8) is 0 Å². The predicted octanol–water partition coefficient (Wildman–Crippen LogP) is 22.2. The smallest absolute Gasteiger partial charge is 0.0738 e. The van der Waals surface area contributed by atoms with Gasteiger partial charge in [0.1, 0.15) is 0 Å². The molecule has 4 aliphatic heterocycles. The summed E-state index contributed by atoms with van der Waals surface area (Å²) in [6, 6.07) is 52.3. The van der Waals surface area contributed by atoms with E-state index in [2.05, 4.69) is 25.3 Å². The summed E-state index contributed by atoms with van der Waals surface area (Å²) in [6.07, 6.45) is 11.6. The molecule has 4 aromatic heterocycles. The van der Waals surface area contributed by atoms with E-state index in [1.165, 1.54) is 0 Å². The molecule has 4 aliphatic rings. The van der Waals surface area contributed by atoms with Crippen molar-refractivity contribution in [1.29, 1.82) is 0 Å². The van der Waals surface area contributed by atoms with Gasteiger partial charge in [0.2, 0.25) is 0 Å². The topological polar surface area (TPSA) is 99.9 Å². The number of nitrogens with zero attached hydrogens (tertiary/aromatic N) is 2. The summed E-state index contributed by atoms with van der Waals surface area (Å²) in [6.45, 7) is 0. The molecule has 0 saturated heterocycles. The molecule has 0 amide bonds. The average Bonchev–Trinajstić information content (AvgIpc) is 1.60. The van der Waals surface area contributed by atoms with Crippen LogP contribution in [0.3, 0.4) is 0 Å². The first kappa shape index (κ1) is 66.6. The molecule has 5 N–H and O–H groups in total. The van der Waals surface area contributed by atoms with Crippen molar-refractivity contribution in [2.45, 2.75) is 6.04 Å². The van der Waals surface area contributed by atoms with Crippen LogP contribution < -0.4 is 26.7 Å². The van der Waals surface area contributed by atoms with Crippen molar-refractivity contribution in [2.24, 2.45) is 9.98 Å². The second-order valence-electron chi connectivity index (χ2n) is 22.8. The lowest BCUT2D eigenvalue weighted by Gasteiger charge is -2.20. The maximum absolute atomic E-state index is 7.30. The Hall–Kier alpha value is -7.22. The number of aliphatic imine (C=N–C) groups is 2. The summed E-state index contributed by atoms with van der Waals surface area (Å²) in [5.74, 6) is 0. The summed E-state index contributed by atoms with van der Waals surface area (Å²) >= 11 is 102. The number of fused-ring (bicyclic) bond motifs is 12. The molecule has 14 bridgehead atoms. The van der Waals surface area contributed by atoms with E-state index in [-0.39, 0.29) is 0 Å². The number of benzene rings is 7. The van der Waals surface area contributed by atoms with E-state index in [1.807, 2.05) is 85.0 Å². The van der Waals surface area contributed by atoms with Crippen molar-refractivity contribution >= 4 is 213 Å². The Bertz CT molecular complexity index is 5660. The van der Waals surface area contributed by atoms with E-state index < -0.39 is 6.04 Å². The minimum atomic E-state index is -0.624. The average molecular weight is 1560 g/mol. The maximum Gasteiger partial charge on any atom is 0.0738 e. The molecule has 21 heteroatoms. The zero-order valence-electron chi connectivity index (χ0n) is 50.0. The minimum Gasteiger partial charge on any atom is -0.374 e. The van der Waals surface area contributed by atoms with Gasteiger partial charge in [0.15, 0.2) is 0 Å². The fraction of sp³-hybridized carbons (Fsp3) is 0.0130. The molecule has 0 aliphatic carbocycles. The van der Waals surface area contributed by atoms with Crippen LogP contribution in [-0.4, -0.2) is 37.4 Å². The summed E-state index contributed by atoms with van der Waals surface area (Å²) in [7, 11) is 0. The molecular weight excluding hydrogens is 1520 g/mol. The van der Waals surface area contributed by atoms with Gasteiger partial charge in [0, 0.05) is 138 Å². The first-order valence-electron chi connectivity index (χ1n) is 30.0. The lowest BCUT2D eigenvalue weighted by Crippen LogP contribution is -2.30. The normalized spacial score (nSPS) is 19.8. The van der Waals surface area contributed by atoms with Crippen LogP contribution >= 0.6 is 162 Å². The quantitative estimate of drug-likeness (QED) is 0.108. The second-order valence-corrected chi connectivity index (χ2v) is 28.5. The highest BCUT2D eigenvalue weighted by atomic mass is 35.5. The summed E-state index contributed by atoms with van der Waals surface area (Å²) < 4.78 is 0. The number of H-pyrrole nitrogens is 4. The third-order valence-electron chi connectivity index (χ3n) is 17.1. The molecule has 7 nitrogen and oxygen atoms in total. The summed E-state index contributed by atoms with van der Waals surface area (Å²) in [5, 5.41) is 11.4. The number of hydrogen-bond acceptors (Lipinski definition) is 3. The number of aromatic amines is 4. The van der Waals surface area contributed by atoms with E-state index in [0.717, 1.165) is 0 Å². The number of aromatic nitrogens is 4. The van der Waals surface area contributed by atoms with Gasteiger partial charge in [-0.1, -0.05) is 211 Å². The van der Waals surface area contributed by atoms with Crippen LogP contribution in [0.2, 0.25) is 70.3 Å². The van der Waals surface area contributed by atoms with Gasteiger partial charge in [-0.15, -0.1) is 0 Å². The highest BCUT2D eigenvalue weighted by Gasteiger charge is 2.32. The molecule has 8 heterocycles. The Labute approximate surface area is 630 Å². The molecule has 1 atom stereocenters. The van der Waals surface area contributed by atoms with Crippen molar-refractivity contribution in [1.82, 2.24) is 25.3 Å². The first-order chi connectivity index (χ1) is 47.4. The van der Waals surface area contributed by atoms with Gasteiger partial charge in [-0.2, -0.15) is 0 Å². The molecule has 7 aromatic carbocycles. The number of nitrogens with one attached hydrogen (secondary N) is 5. The van der Waals surface area contributed by atoms with E-state index >= 15 is 0 Å². The van der Waals surface area contributed by atoms with Gasteiger partial charge < -0.3 is 25.3 Å². The maximum atomic E-state index is 7.30. The van der Waals surface area contributed by atoms with Gasteiger partial charge >= 0.3 is 0 Å². The summed E-state index contributed by atoms with van der Waals surface area (Å²) in [5.41, 5.74) is 12.6. The minimum absolute atomic E-state index is 0.358. The number of halogens is 14. The van der Waals surface area contributed by atoms with Gasteiger partial charge in [-0.25, -0.2) is 9.98 Å². The number of allylic oxidation sites excluding steroid dienone is 5. The van der Waals surface area contributed by atoms with Crippen molar-refractivity contribution in [3.8, 4) is 0 Å². The Morgan fingerprint density at radius 3 is 0.888 bits per heavy atom. The fourth-order valence-corrected chi connectivity index (χ4v) is 17.0. The molecule has 0 radical (unpaired) electrons. The van der Waals surface area contributed by atoms with Crippen molar-refractivity contribution in [3.05, 3.63) is 383 Å². The molecule has 11 aromatic rings. The zero-order chi connectivity index (χ0) is 67.9. The van der Waals surface area contributed by atoms with E-state index in [9.17, 15) is 0 Å². The van der Waals surface area contributed by atoms with E-state index in [0.29, 0.717) is 221 Å². The highest BCUT2D eigenvalue weighted by Crippen LogP contribution is 2.46. The predicted molar refractivity (Wildman–Crippen MR) is 413 cm³/mol. The third kappa shape index (κ3) is 12.1. The monoisotopic (exact) mass is 1550 g/mol. The molecule has 15 rings (SSSR count). The van der Waals surface area contributed by atoms with Gasteiger partial charge in [-0.3, -0.25) is 0 Å². The van der Waals surface area contributed by atoms with Crippen LogP contribution in [0.25, 0.3) is 39.0 Å². The van der Waals surface area contributed by atoms with Crippen LogP contribution in [0.4, 0.5) is 0 Å². The van der Waals surface area contributed by atoms with Crippen molar-refractivity contribution in [2.75, 3.05) is 0 Å². The van der Waals surface area contributed by atoms with Gasteiger partial charge in [0.25, 0.3) is 0 Å². The lowest BCUT2D eigenvalue weighted by atomic mass is 9.98. The van der Waals surface area contributed by atoms with Crippen LogP contribution in [0.15, 0.2) is 239 Å². The molecular formula is C77H41Cl14N7. The zero-order valence-corrected chi connectivity index (χ0v) is 60.6. The van der Waals surface area contributed by atoms with E-state index in [1.54, 1.807) is 127 Å². The van der Waals surface area contributed by atoms with Gasteiger partial charge in [0.05, 0.1) is 89.1 Å². The first-order valence-corrected chi connectivity index (χ1v) is 35.3. The van der Waals surface area contributed by atoms with Crippen LogP contribution in [0.1, 0.15) is 61.7 Å². The van der Waals surface area contributed by atoms with E-state index in [4.69, 9.17) is 172 Å². The number of rotatable bonds is 7. The molecule has 98 heavy (non-hydrogen) atoms. The molecule has 1 unspecified atom stereocenters. The Morgan fingerprint density at radius 2 is 0.520 bits per heavy atom. The van der Waals surface area contributed by atoms with Crippen molar-refractivity contribution < 1.29 is 0 Å². The second kappa shape index (κ2) is 27.4. The summed E-state index contributed by atoms with van der Waals surface area (Å²) in [4.78, 5) is 25.9. The highest BCUT2D eigenvalue weighted by molar-refractivity contribution is 6.45. The number of hydrogen-bond donors (Lipinski definition) is 5. The Balaban J connectivity index is 1.09. The molecule has 0 spiro atoms. The molecule has 0 saturated carbocycles. The Kier molecular flexibility index (Phi) is 18.6. The van der Waals surface area contributed by atoms with Gasteiger partial charge in [-0.05, 0) is 164 Å². The van der Waals surface area contributed by atoms with Crippen LogP contribution in [0, 0.1) is 0 Å². The standard InChI is InChI=1S/C77H41Cl14N7/c78-36-8-1-9-37(79)64(36)71-50-22-24-52(92-50)72(65-38(80)10-2-11-39(65)81)54-26-28-56(94-54)74(67-42(84)14-4-15-43(67)85)58-30-32-60(96-58)76(69-46(88)18-6-19-47(69)89)62-34-35-63(98-62)77(70-48(90)20-7-21-49(70)91)61-33-31-59(97-61)75(68-44(86)16-5-17-45(68)87)57-29-27-55(95-57)73(53-25-23-51(71)93-53)66-40(82)12-3-13-41(66)83/h1-35,50,92-94,97-98H/b71-51-,72-52+,73-53-,74-58+,75-57+,76-62+,77-63+.